The quantitative estimate of drug-likeness (QED) is 0.805. The van der Waals surface area contributed by atoms with Crippen molar-refractivity contribution in [1.29, 1.82) is 0 Å². The van der Waals surface area contributed by atoms with Crippen molar-refractivity contribution >= 4 is 11.9 Å². The van der Waals surface area contributed by atoms with Gasteiger partial charge in [-0.3, -0.25) is 9.59 Å². The highest BCUT2D eigenvalue weighted by Gasteiger charge is 2.68. The van der Waals surface area contributed by atoms with Crippen LogP contribution in [0.1, 0.15) is 40.0 Å². The first-order valence-corrected chi connectivity index (χ1v) is 9.24. The Hall–Kier alpha value is -1.36. The van der Waals surface area contributed by atoms with Crippen molar-refractivity contribution in [1.82, 2.24) is 4.90 Å². The summed E-state index contributed by atoms with van der Waals surface area (Å²) in [4.78, 5) is 26.9. The van der Waals surface area contributed by atoms with Gasteiger partial charge in [-0.1, -0.05) is 39.3 Å². The van der Waals surface area contributed by atoms with Gasteiger partial charge < -0.3 is 14.7 Å². The first-order valence-electron chi connectivity index (χ1n) is 9.24. The highest BCUT2D eigenvalue weighted by molar-refractivity contribution is 5.91. The van der Waals surface area contributed by atoms with Crippen LogP contribution >= 0.6 is 0 Å². The molecule has 24 heavy (non-hydrogen) atoms. The fourth-order valence-electron chi connectivity index (χ4n) is 5.60. The first-order chi connectivity index (χ1) is 11.3. The van der Waals surface area contributed by atoms with Crippen molar-refractivity contribution in [2.45, 2.75) is 57.8 Å². The number of aliphatic carboxylic acids is 1. The van der Waals surface area contributed by atoms with E-state index in [9.17, 15) is 14.7 Å². The molecular formula is C19H27NO4. The molecule has 132 valence electrons. The molecule has 5 nitrogen and oxygen atoms in total. The molecule has 1 N–H and O–H groups in total. The van der Waals surface area contributed by atoms with Gasteiger partial charge >= 0.3 is 5.97 Å². The predicted octanol–water partition coefficient (Wildman–Crippen LogP) is 2.31. The highest BCUT2D eigenvalue weighted by Crippen LogP contribution is 2.53. The predicted molar refractivity (Wildman–Crippen MR) is 88.2 cm³/mol. The average Bonchev–Trinajstić information content (AvgIpc) is 3.15. The van der Waals surface area contributed by atoms with Crippen LogP contribution in [-0.2, 0) is 14.3 Å². The van der Waals surface area contributed by atoms with Crippen molar-refractivity contribution in [2.75, 3.05) is 6.54 Å². The second-order valence-corrected chi connectivity index (χ2v) is 8.60. The number of carboxylic acids is 1. The second-order valence-electron chi connectivity index (χ2n) is 8.60. The molecule has 0 aromatic carbocycles. The van der Waals surface area contributed by atoms with E-state index < -0.39 is 29.5 Å². The summed E-state index contributed by atoms with van der Waals surface area (Å²) in [6, 6.07) is 0.215. The Morgan fingerprint density at radius 2 is 2.17 bits per heavy atom. The average molecular weight is 333 g/mol. The molecule has 1 amide bonds. The summed E-state index contributed by atoms with van der Waals surface area (Å²) < 4.78 is 6.02. The molecule has 0 aromatic heterocycles. The number of nitrogens with zero attached hydrogens (tertiary/aromatic N) is 1. The third-order valence-electron chi connectivity index (χ3n) is 6.80. The first kappa shape index (κ1) is 16.1. The van der Waals surface area contributed by atoms with Crippen molar-refractivity contribution in [3.8, 4) is 0 Å². The van der Waals surface area contributed by atoms with Crippen LogP contribution in [0.3, 0.4) is 0 Å². The van der Waals surface area contributed by atoms with Crippen molar-refractivity contribution in [3.05, 3.63) is 12.2 Å². The van der Waals surface area contributed by atoms with Gasteiger partial charge in [-0.25, -0.2) is 0 Å². The number of likely N-dealkylation sites (tertiary alicyclic amines) is 1. The third-order valence-corrected chi connectivity index (χ3v) is 6.80. The summed E-state index contributed by atoms with van der Waals surface area (Å²) >= 11 is 0. The Balaban J connectivity index is 1.65. The monoisotopic (exact) mass is 333 g/mol. The van der Waals surface area contributed by atoms with Crippen molar-refractivity contribution in [2.24, 2.45) is 29.6 Å². The molecule has 1 spiro atoms. The topological polar surface area (TPSA) is 66.8 Å². The molecule has 7 atom stereocenters. The maximum atomic E-state index is 13.2. The van der Waals surface area contributed by atoms with E-state index in [1.807, 2.05) is 17.1 Å². The lowest BCUT2D eigenvalue weighted by Crippen LogP contribution is -2.48. The van der Waals surface area contributed by atoms with Gasteiger partial charge in [0.1, 0.15) is 11.5 Å². The second kappa shape index (κ2) is 5.32. The van der Waals surface area contributed by atoms with E-state index in [0.717, 1.165) is 12.8 Å². The molecule has 0 aromatic rings. The highest BCUT2D eigenvalue weighted by atomic mass is 16.5. The van der Waals surface area contributed by atoms with E-state index >= 15 is 0 Å². The number of rotatable bonds is 3. The molecule has 3 aliphatic heterocycles. The van der Waals surface area contributed by atoms with E-state index in [1.54, 1.807) is 0 Å². The summed E-state index contributed by atoms with van der Waals surface area (Å²) in [7, 11) is 0. The summed E-state index contributed by atoms with van der Waals surface area (Å²) in [6.45, 7) is 7.24. The summed E-state index contributed by atoms with van der Waals surface area (Å²) in [5.74, 6) is -0.566. The lowest BCUT2D eigenvalue weighted by atomic mass is 9.73. The fourth-order valence-corrected chi connectivity index (χ4v) is 5.60. The fraction of sp³-hybridized carbons (Fsp3) is 0.789. The number of carboxylic acid groups (broad SMARTS) is 1. The zero-order chi connectivity index (χ0) is 17.2. The summed E-state index contributed by atoms with van der Waals surface area (Å²) in [5, 5.41) is 9.59. The molecule has 1 aliphatic carbocycles. The lowest BCUT2D eigenvalue weighted by Gasteiger charge is -2.43. The normalized spacial score (nSPS) is 46.8. The number of fused-ring (bicyclic) bond motifs is 1. The van der Waals surface area contributed by atoms with E-state index in [2.05, 4.69) is 20.8 Å². The summed E-state index contributed by atoms with van der Waals surface area (Å²) in [5.41, 5.74) is -0.701. The van der Waals surface area contributed by atoms with Crippen LogP contribution in [0.4, 0.5) is 0 Å². The number of carbonyl (C=O) groups excluding carboxylic acids is 1. The zero-order valence-corrected chi connectivity index (χ0v) is 14.6. The van der Waals surface area contributed by atoms with Crippen LogP contribution in [0.2, 0.25) is 0 Å². The molecular weight excluding hydrogens is 306 g/mol. The molecule has 2 bridgehead atoms. The van der Waals surface area contributed by atoms with Gasteiger partial charge in [0.2, 0.25) is 5.91 Å². The van der Waals surface area contributed by atoms with Crippen LogP contribution in [0, 0.1) is 29.6 Å². The van der Waals surface area contributed by atoms with E-state index in [1.165, 1.54) is 6.42 Å². The van der Waals surface area contributed by atoms with Gasteiger partial charge in [0.15, 0.2) is 0 Å². The SMILES string of the molecule is CC(C)[C@@H]1CC[C@@H](C)CC1N1CC23C=CC(O2)C(C(=O)O)C3C1=O. The minimum atomic E-state index is -0.913. The number of hydrogen-bond donors (Lipinski definition) is 1. The van der Waals surface area contributed by atoms with Gasteiger partial charge in [0.05, 0.1) is 18.6 Å². The smallest absolute Gasteiger partial charge is 0.310 e. The number of amides is 1. The Kier molecular flexibility index (Phi) is 3.57. The standard InChI is InChI=1S/C19H27NO4/c1-10(2)12-5-4-11(3)8-13(12)20-9-19-7-6-14(24-19)15(18(22)23)16(19)17(20)21/h6-7,10-16H,4-5,8-9H2,1-3H3,(H,22,23)/t11-,12+,13?,14?,15?,16?,19?/m1/s1. The van der Waals surface area contributed by atoms with Gasteiger partial charge in [-0.2, -0.15) is 0 Å². The zero-order valence-electron chi connectivity index (χ0n) is 14.6. The Morgan fingerprint density at radius 3 is 2.83 bits per heavy atom. The lowest BCUT2D eigenvalue weighted by molar-refractivity contribution is -0.149. The van der Waals surface area contributed by atoms with E-state index in [0.29, 0.717) is 24.3 Å². The molecule has 4 rings (SSSR count). The van der Waals surface area contributed by atoms with Crippen LogP contribution in [-0.4, -0.2) is 46.2 Å². The summed E-state index contributed by atoms with van der Waals surface area (Å²) in [6.07, 6.45) is 6.73. The molecule has 2 saturated heterocycles. The number of carbonyl (C=O) groups is 2. The molecule has 5 heteroatoms. The Labute approximate surface area is 143 Å². The minimum Gasteiger partial charge on any atom is -0.481 e. The molecule has 3 fully saturated rings. The van der Waals surface area contributed by atoms with Crippen LogP contribution < -0.4 is 0 Å². The van der Waals surface area contributed by atoms with Crippen LogP contribution in [0.5, 0.6) is 0 Å². The van der Waals surface area contributed by atoms with E-state index in [4.69, 9.17) is 4.74 Å². The van der Waals surface area contributed by atoms with Gasteiger partial charge in [-0.15, -0.1) is 0 Å². The minimum absolute atomic E-state index is 0.000926. The third kappa shape index (κ3) is 2.10. The maximum absolute atomic E-state index is 13.2. The van der Waals surface area contributed by atoms with Crippen molar-refractivity contribution < 1.29 is 19.4 Å². The van der Waals surface area contributed by atoms with Gasteiger partial charge in [-0.05, 0) is 30.6 Å². The maximum Gasteiger partial charge on any atom is 0.310 e. The number of ether oxygens (including phenoxy) is 1. The number of hydrogen-bond acceptors (Lipinski definition) is 3. The Morgan fingerprint density at radius 1 is 1.42 bits per heavy atom. The van der Waals surface area contributed by atoms with Crippen LogP contribution in [0.25, 0.3) is 0 Å². The van der Waals surface area contributed by atoms with Crippen molar-refractivity contribution in [3.63, 3.8) is 0 Å². The van der Waals surface area contributed by atoms with Crippen LogP contribution in [0.15, 0.2) is 12.2 Å². The van der Waals surface area contributed by atoms with E-state index in [-0.39, 0.29) is 11.9 Å². The largest absolute Gasteiger partial charge is 0.481 e. The molecule has 1 saturated carbocycles. The molecule has 4 aliphatic rings. The van der Waals surface area contributed by atoms with Gasteiger partial charge in [0, 0.05) is 6.04 Å². The molecule has 3 heterocycles. The molecule has 5 unspecified atom stereocenters. The van der Waals surface area contributed by atoms with Gasteiger partial charge in [0.25, 0.3) is 0 Å². The molecule has 0 radical (unpaired) electrons. The Bertz CT molecular complexity index is 600.